The van der Waals surface area contributed by atoms with Gasteiger partial charge in [-0.3, -0.25) is 14.7 Å². The molecule has 0 aliphatic carbocycles. The summed E-state index contributed by atoms with van der Waals surface area (Å²) in [6, 6.07) is 15.4. The topological polar surface area (TPSA) is 89.5 Å². The molecule has 0 unspecified atom stereocenters. The van der Waals surface area contributed by atoms with E-state index < -0.39 is 9.84 Å². The fourth-order valence-corrected chi connectivity index (χ4v) is 5.32. The molecular formula is C24H23N3O4S2. The second-order valence-corrected chi connectivity index (χ2v) is 10.7. The monoisotopic (exact) mass is 481 g/mol. The Kier molecular flexibility index (Phi) is 6.44. The molecule has 0 bridgehead atoms. The van der Waals surface area contributed by atoms with E-state index in [1.165, 1.54) is 35.6 Å². The molecule has 0 N–H and O–H groups in total. The van der Waals surface area contributed by atoms with Crippen LogP contribution in [0.3, 0.4) is 0 Å². The van der Waals surface area contributed by atoms with Crippen molar-refractivity contribution in [1.82, 2.24) is 9.97 Å². The Hall–Kier alpha value is -3.30. The average molecular weight is 482 g/mol. The van der Waals surface area contributed by atoms with E-state index >= 15 is 0 Å². The van der Waals surface area contributed by atoms with Gasteiger partial charge in [0.1, 0.15) is 11.3 Å². The molecule has 0 atom stereocenters. The van der Waals surface area contributed by atoms with Gasteiger partial charge in [-0.15, -0.1) is 0 Å². The van der Waals surface area contributed by atoms with E-state index in [-0.39, 0.29) is 23.1 Å². The number of sulfone groups is 1. The third-order valence-corrected chi connectivity index (χ3v) is 8.24. The van der Waals surface area contributed by atoms with Gasteiger partial charge >= 0.3 is 0 Å². The predicted octanol–water partition coefficient (Wildman–Crippen LogP) is 4.65. The van der Waals surface area contributed by atoms with Crippen molar-refractivity contribution in [3.05, 3.63) is 77.6 Å². The van der Waals surface area contributed by atoms with Crippen LogP contribution in [0.1, 0.15) is 28.5 Å². The number of rotatable bonds is 7. The molecule has 2 heterocycles. The van der Waals surface area contributed by atoms with Crippen LogP contribution in [0.15, 0.2) is 65.7 Å². The fourth-order valence-electron chi connectivity index (χ4n) is 3.39. The van der Waals surface area contributed by atoms with Crippen LogP contribution in [0.5, 0.6) is 5.75 Å². The normalized spacial score (nSPS) is 11.5. The number of aryl methyl sites for hydroxylation is 1. The van der Waals surface area contributed by atoms with Gasteiger partial charge in [-0.2, -0.15) is 0 Å². The Morgan fingerprint density at radius 1 is 1.09 bits per heavy atom. The highest BCUT2D eigenvalue weighted by Gasteiger charge is 2.24. The quantitative estimate of drug-likeness (QED) is 0.382. The van der Waals surface area contributed by atoms with Crippen LogP contribution in [0.25, 0.3) is 10.2 Å². The number of methoxy groups -OCH3 is 1. The summed E-state index contributed by atoms with van der Waals surface area (Å²) in [6.45, 7) is 3.80. The van der Waals surface area contributed by atoms with Gasteiger partial charge in [0.25, 0.3) is 5.91 Å². The Morgan fingerprint density at radius 2 is 1.85 bits per heavy atom. The summed E-state index contributed by atoms with van der Waals surface area (Å²) < 4.78 is 30.7. The number of hydrogen-bond acceptors (Lipinski definition) is 7. The number of fused-ring (bicyclic) bond motifs is 1. The van der Waals surface area contributed by atoms with Crippen molar-refractivity contribution in [1.29, 1.82) is 0 Å². The number of pyridine rings is 1. The highest BCUT2D eigenvalue weighted by molar-refractivity contribution is 7.91. The second-order valence-electron chi connectivity index (χ2n) is 7.40. The van der Waals surface area contributed by atoms with Crippen LogP contribution in [0.4, 0.5) is 5.13 Å². The molecule has 170 valence electrons. The molecule has 4 rings (SSSR count). The summed E-state index contributed by atoms with van der Waals surface area (Å²) in [5, 5.41) is 0.513. The van der Waals surface area contributed by atoms with E-state index in [1.54, 1.807) is 25.1 Å². The van der Waals surface area contributed by atoms with Crippen LogP contribution >= 0.6 is 11.3 Å². The molecule has 33 heavy (non-hydrogen) atoms. The largest absolute Gasteiger partial charge is 0.494 e. The minimum atomic E-state index is -3.35. The first-order valence-electron chi connectivity index (χ1n) is 10.3. The van der Waals surface area contributed by atoms with Crippen LogP contribution in [-0.2, 0) is 16.4 Å². The lowest BCUT2D eigenvalue weighted by molar-refractivity contribution is 0.0984. The number of aromatic nitrogens is 2. The molecule has 0 fully saturated rings. The molecular weight excluding hydrogens is 458 g/mol. The zero-order valence-corrected chi connectivity index (χ0v) is 20.1. The van der Waals surface area contributed by atoms with E-state index in [4.69, 9.17) is 9.72 Å². The zero-order chi connectivity index (χ0) is 23.6. The number of carbonyl (C=O) groups excluding carboxylic acids is 1. The van der Waals surface area contributed by atoms with Crippen LogP contribution in [-0.4, -0.2) is 37.2 Å². The number of carbonyl (C=O) groups is 1. The van der Waals surface area contributed by atoms with Crippen LogP contribution in [0.2, 0.25) is 0 Å². The number of thiazole rings is 1. The molecule has 9 heteroatoms. The Morgan fingerprint density at radius 3 is 2.48 bits per heavy atom. The smallest absolute Gasteiger partial charge is 0.260 e. The lowest BCUT2D eigenvalue weighted by Gasteiger charge is -2.19. The zero-order valence-electron chi connectivity index (χ0n) is 18.5. The van der Waals surface area contributed by atoms with Crippen molar-refractivity contribution >= 4 is 42.4 Å². The summed E-state index contributed by atoms with van der Waals surface area (Å²) in [4.78, 5) is 24.4. The van der Waals surface area contributed by atoms with Gasteiger partial charge in [0, 0.05) is 11.8 Å². The van der Waals surface area contributed by atoms with Crippen molar-refractivity contribution in [2.75, 3.05) is 17.8 Å². The highest BCUT2D eigenvalue weighted by atomic mass is 32.2. The van der Waals surface area contributed by atoms with Gasteiger partial charge in [0.2, 0.25) is 0 Å². The van der Waals surface area contributed by atoms with E-state index in [2.05, 4.69) is 4.98 Å². The van der Waals surface area contributed by atoms with Gasteiger partial charge in [-0.25, -0.2) is 13.4 Å². The molecule has 0 spiro atoms. The molecule has 0 saturated heterocycles. The number of nitrogens with zero attached hydrogens (tertiary/aromatic N) is 3. The Balaban J connectivity index is 1.78. The second kappa shape index (κ2) is 9.29. The molecule has 1 amide bonds. The Labute approximate surface area is 196 Å². The molecule has 0 radical (unpaired) electrons. The predicted molar refractivity (Wildman–Crippen MR) is 130 cm³/mol. The van der Waals surface area contributed by atoms with Crippen molar-refractivity contribution in [3.8, 4) is 5.75 Å². The molecule has 2 aromatic carbocycles. The SMILES string of the molecule is CCS(=O)(=O)c1ccc(C(=O)N(Cc2ccccn2)c2nc3c(OC)ccc(C)c3s2)cc1. The van der Waals surface area contributed by atoms with E-state index in [0.717, 1.165) is 10.3 Å². The summed E-state index contributed by atoms with van der Waals surface area (Å²) in [6.07, 6.45) is 1.67. The van der Waals surface area contributed by atoms with Gasteiger partial charge < -0.3 is 4.74 Å². The summed E-state index contributed by atoms with van der Waals surface area (Å²) in [5.41, 5.74) is 2.80. The van der Waals surface area contributed by atoms with Gasteiger partial charge in [0.15, 0.2) is 15.0 Å². The van der Waals surface area contributed by atoms with E-state index in [0.29, 0.717) is 27.7 Å². The summed E-state index contributed by atoms with van der Waals surface area (Å²) >= 11 is 1.41. The molecule has 2 aromatic heterocycles. The number of hydrogen-bond donors (Lipinski definition) is 0. The van der Waals surface area contributed by atoms with E-state index in [1.807, 2.05) is 37.3 Å². The van der Waals surface area contributed by atoms with Crippen molar-refractivity contribution in [2.45, 2.75) is 25.3 Å². The molecule has 7 nitrogen and oxygen atoms in total. The maximum atomic E-state index is 13.6. The van der Waals surface area contributed by atoms with E-state index in [9.17, 15) is 13.2 Å². The third-order valence-electron chi connectivity index (χ3n) is 5.27. The number of benzene rings is 2. The Bertz CT molecular complexity index is 1400. The summed E-state index contributed by atoms with van der Waals surface area (Å²) in [5.74, 6) is 0.341. The number of anilines is 1. The first-order valence-corrected chi connectivity index (χ1v) is 12.8. The lowest BCUT2D eigenvalue weighted by Crippen LogP contribution is -2.30. The lowest BCUT2D eigenvalue weighted by atomic mass is 10.2. The van der Waals surface area contributed by atoms with Crippen molar-refractivity contribution in [3.63, 3.8) is 0 Å². The molecule has 0 aliphatic rings. The first-order chi connectivity index (χ1) is 15.8. The van der Waals surface area contributed by atoms with Crippen molar-refractivity contribution in [2.24, 2.45) is 0 Å². The maximum Gasteiger partial charge on any atom is 0.260 e. The van der Waals surface area contributed by atoms with Gasteiger partial charge in [0.05, 0.1) is 34.7 Å². The average Bonchev–Trinajstić information content (AvgIpc) is 3.29. The molecule has 0 aliphatic heterocycles. The molecule has 4 aromatic rings. The standard InChI is InChI=1S/C24H23N3O4S2/c1-4-33(29,30)19-11-9-17(10-12-19)23(28)27(15-18-7-5-6-14-25-18)24-26-21-20(31-3)13-8-16(2)22(21)32-24/h5-14H,4,15H2,1-3H3. The van der Waals surface area contributed by atoms with Gasteiger partial charge in [-0.1, -0.05) is 30.4 Å². The number of amides is 1. The van der Waals surface area contributed by atoms with Crippen molar-refractivity contribution < 1.29 is 17.9 Å². The third kappa shape index (κ3) is 4.60. The van der Waals surface area contributed by atoms with Crippen LogP contribution in [0, 0.1) is 6.92 Å². The minimum Gasteiger partial charge on any atom is -0.494 e. The summed E-state index contributed by atoms with van der Waals surface area (Å²) in [7, 11) is -1.76. The van der Waals surface area contributed by atoms with Crippen LogP contribution < -0.4 is 9.64 Å². The fraction of sp³-hybridized carbons (Fsp3) is 0.208. The number of ether oxygens (including phenoxy) is 1. The highest BCUT2D eigenvalue weighted by Crippen LogP contribution is 2.37. The van der Waals surface area contributed by atoms with Gasteiger partial charge in [-0.05, 0) is 55.0 Å². The molecule has 0 saturated carbocycles. The first kappa shape index (κ1) is 22.9. The maximum absolute atomic E-state index is 13.6. The minimum absolute atomic E-state index is 0.00101.